The predicted molar refractivity (Wildman–Crippen MR) is 119 cm³/mol. The maximum absolute atomic E-state index is 11.3. The third kappa shape index (κ3) is 20.0. The lowest BCUT2D eigenvalue weighted by Gasteiger charge is -2.15. The molecule has 0 aromatic carbocycles. The van der Waals surface area contributed by atoms with Crippen molar-refractivity contribution < 1.29 is 9.53 Å². The van der Waals surface area contributed by atoms with E-state index in [4.69, 9.17) is 4.74 Å². The van der Waals surface area contributed by atoms with E-state index in [1.54, 1.807) is 0 Å². The van der Waals surface area contributed by atoms with Crippen molar-refractivity contribution in [1.29, 1.82) is 0 Å². The molecule has 0 rings (SSSR count). The largest absolute Gasteiger partial charge is 0.462 e. The van der Waals surface area contributed by atoms with Gasteiger partial charge in [0.1, 0.15) is 6.10 Å². The van der Waals surface area contributed by atoms with E-state index in [9.17, 15) is 4.79 Å². The lowest BCUT2D eigenvalue weighted by Crippen LogP contribution is -2.16. The zero-order valence-corrected chi connectivity index (χ0v) is 19.0. The van der Waals surface area contributed by atoms with Gasteiger partial charge in [-0.05, 0) is 19.3 Å². The van der Waals surface area contributed by atoms with Crippen molar-refractivity contribution in [2.45, 2.75) is 155 Å². The Morgan fingerprint density at radius 1 is 0.593 bits per heavy atom. The summed E-state index contributed by atoms with van der Waals surface area (Å²) in [4.78, 5) is 11.3. The second-order valence-corrected chi connectivity index (χ2v) is 8.32. The third-order valence-corrected chi connectivity index (χ3v) is 5.67. The van der Waals surface area contributed by atoms with E-state index in [1.807, 2.05) is 6.92 Å². The molecule has 0 saturated heterocycles. The smallest absolute Gasteiger partial charge is 0.305 e. The highest BCUT2D eigenvalue weighted by atomic mass is 16.5. The molecule has 0 amide bonds. The molecule has 1 atom stereocenters. The fourth-order valence-electron chi connectivity index (χ4n) is 3.71. The number of hydrogen-bond donors (Lipinski definition) is 0. The highest BCUT2D eigenvalue weighted by Crippen LogP contribution is 2.15. The molecule has 0 aromatic heterocycles. The van der Waals surface area contributed by atoms with E-state index in [1.165, 1.54) is 109 Å². The van der Waals surface area contributed by atoms with E-state index in [-0.39, 0.29) is 12.1 Å². The van der Waals surface area contributed by atoms with Crippen LogP contribution in [0.4, 0.5) is 0 Å². The van der Waals surface area contributed by atoms with E-state index < -0.39 is 0 Å². The Bertz CT molecular complexity index is 301. The standard InChI is InChI=1S/C25H50O2/c1-4-7-8-9-10-11-12-13-14-15-16-17-18-19-20-21-22-23-24(5-2)27-25(26)6-3/h24H,4-23H2,1-3H3. The molecule has 0 aromatic rings. The van der Waals surface area contributed by atoms with Crippen molar-refractivity contribution >= 4 is 5.97 Å². The number of ether oxygens (including phenoxy) is 1. The van der Waals surface area contributed by atoms with Crippen LogP contribution >= 0.6 is 0 Å². The fraction of sp³-hybridized carbons (Fsp3) is 0.960. The van der Waals surface area contributed by atoms with Crippen LogP contribution in [0.5, 0.6) is 0 Å². The summed E-state index contributed by atoms with van der Waals surface area (Å²) >= 11 is 0. The Hall–Kier alpha value is -0.530. The lowest BCUT2D eigenvalue weighted by molar-refractivity contribution is -0.149. The Morgan fingerprint density at radius 3 is 1.30 bits per heavy atom. The molecule has 0 heterocycles. The van der Waals surface area contributed by atoms with Crippen molar-refractivity contribution in [1.82, 2.24) is 0 Å². The highest BCUT2D eigenvalue weighted by molar-refractivity contribution is 5.69. The van der Waals surface area contributed by atoms with Gasteiger partial charge in [0.05, 0.1) is 0 Å². The van der Waals surface area contributed by atoms with Crippen molar-refractivity contribution in [3.05, 3.63) is 0 Å². The van der Waals surface area contributed by atoms with Crippen LogP contribution < -0.4 is 0 Å². The van der Waals surface area contributed by atoms with Crippen LogP contribution in [0.15, 0.2) is 0 Å². The minimum Gasteiger partial charge on any atom is -0.462 e. The molecule has 27 heavy (non-hydrogen) atoms. The molecule has 162 valence electrons. The Kier molecular flexibility index (Phi) is 21.3. The van der Waals surface area contributed by atoms with Gasteiger partial charge in [0, 0.05) is 6.42 Å². The molecule has 0 radical (unpaired) electrons. The van der Waals surface area contributed by atoms with E-state index >= 15 is 0 Å². The summed E-state index contributed by atoms with van der Waals surface area (Å²) in [5.41, 5.74) is 0. The molecule has 0 spiro atoms. The van der Waals surface area contributed by atoms with Crippen LogP contribution in [0.25, 0.3) is 0 Å². The molecular formula is C25H50O2. The van der Waals surface area contributed by atoms with Crippen molar-refractivity contribution in [3.63, 3.8) is 0 Å². The van der Waals surface area contributed by atoms with Crippen LogP contribution in [-0.4, -0.2) is 12.1 Å². The molecule has 2 nitrogen and oxygen atoms in total. The number of carbonyl (C=O) groups excluding carboxylic acids is 1. The number of carbonyl (C=O) groups is 1. The van der Waals surface area contributed by atoms with Gasteiger partial charge in [0.25, 0.3) is 0 Å². The quantitative estimate of drug-likeness (QED) is 0.146. The van der Waals surface area contributed by atoms with Crippen molar-refractivity contribution in [3.8, 4) is 0 Å². The van der Waals surface area contributed by atoms with Crippen LogP contribution in [0.3, 0.4) is 0 Å². The maximum atomic E-state index is 11.3. The summed E-state index contributed by atoms with van der Waals surface area (Å²) in [5, 5.41) is 0. The van der Waals surface area contributed by atoms with Gasteiger partial charge in [-0.1, -0.05) is 124 Å². The SMILES string of the molecule is CCCCCCCCCCCCCCCCCCCC(CC)OC(=O)CC. The topological polar surface area (TPSA) is 26.3 Å². The first kappa shape index (κ1) is 26.5. The molecular weight excluding hydrogens is 332 g/mol. The predicted octanol–water partition coefficient (Wildman–Crippen LogP) is 8.76. The summed E-state index contributed by atoms with van der Waals surface area (Å²) < 4.78 is 5.44. The fourth-order valence-corrected chi connectivity index (χ4v) is 3.71. The molecule has 0 aliphatic rings. The van der Waals surface area contributed by atoms with Crippen LogP contribution in [0.1, 0.15) is 149 Å². The molecule has 0 fully saturated rings. The van der Waals surface area contributed by atoms with Gasteiger partial charge in [-0.3, -0.25) is 4.79 Å². The van der Waals surface area contributed by atoms with Crippen LogP contribution in [0.2, 0.25) is 0 Å². The zero-order chi connectivity index (χ0) is 20.0. The van der Waals surface area contributed by atoms with Gasteiger partial charge in [0.2, 0.25) is 0 Å². The first-order chi connectivity index (χ1) is 13.2. The molecule has 2 heteroatoms. The molecule has 0 saturated carbocycles. The van der Waals surface area contributed by atoms with Gasteiger partial charge in [0.15, 0.2) is 0 Å². The highest BCUT2D eigenvalue weighted by Gasteiger charge is 2.10. The molecule has 0 aliphatic carbocycles. The average molecular weight is 383 g/mol. The zero-order valence-electron chi connectivity index (χ0n) is 19.0. The maximum Gasteiger partial charge on any atom is 0.305 e. The van der Waals surface area contributed by atoms with Gasteiger partial charge in [-0.15, -0.1) is 0 Å². The minimum atomic E-state index is -0.0474. The van der Waals surface area contributed by atoms with E-state index in [0.717, 1.165) is 12.8 Å². The average Bonchev–Trinajstić information content (AvgIpc) is 2.69. The third-order valence-electron chi connectivity index (χ3n) is 5.67. The van der Waals surface area contributed by atoms with Crippen molar-refractivity contribution in [2.75, 3.05) is 0 Å². The monoisotopic (exact) mass is 382 g/mol. The summed E-state index contributed by atoms with van der Waals surface area (Å²) in [6.45, 7) is 6.27. The van der Waals surface area contributed by atoms with Gasteiger partial charge < -0.3 is 4.74 Å². The van der Waals surface area contributed by atoms with Gasteiger partial charge in [-0.25, -0.2) is 0 Å². The Morgan fingerprint density at radius 2 is 0.963 bits per heavy atom. The first-order valence-electron chi connectivity index (χ1n) is 12.4. The van der Waals surface area contributed by atoms with Crippen LogP contribution in [-0.2, 0) is 9.53 Å². The molecule has 0 N–H and O–H groups in total. The second-order valence-electron chi connectivity index (χ2n) is 8.32. The van der Waals surface area contributed by atoms with E-state index in [0.29, 0.717) is 6.42 Å². The van der Waals surface area contributed by atoms with Crippen LogP contribution in [0, 0.1) is 0 Å². The summed E-state index contributed by atoms with van der Waals surface area (Å²) in [7, 11) is 0. The summed E-state index contributed by atoms with van der Waals surface area (Å²) in [5.74, 6) is -0.0474. The summed E-state index contributed by atoms with van der Waals surface area (Å²) in [6, 6.07) is 0. The first-order valence-corrected chi connectivity index (χ1v) is 12.4. The Labute approximate surface area is 171 Å². The molecule has 0 aliphatic heterocycles. The number of hydrogen-bond acceptors (Lipinski definition) is 2. The number of esters is 1. The molecule has 0 bridgehead atoms. The Balaban J connectivity index is 3.19. The second kappa shape index (κ2) is 21.8. The normalized spacial score (nSPS) is 12.3. The molecule has 1 unspecified atom stereocenters. The number of unbranched alkanes of at least 4 members (excludes halogenated alkanes) is 16. The van der Waals surface area contributed by atoms with Gasteiger partial charge >= 0.3 is 5.97 Å². The minimum absolute atomic E-state index is 0.0474. The summed E-state index contributed by atoms with van der Waals surface area (Å²) in [6.07, 6.45) is 26.5. The van der Waals surface area contributed by atoms with E-state index in [2.05, 4.69) is 13.8 Å². The van der Waals surface area contributed by atoms with Gasteiger partial charge in [-0.2, -0.15) is 0 Å². The van der Waals surface area contributed by atoms with Crippen molar-refractivity contribution in [2.24, 2.45) is 0 Å². The lowest BCUT2D eigenvalue weighted by atomic mass is 10.0. The number of rotatable bonds is 21.